The first-order valence-electron chi connectivity index (χ1n) is 11.7. The minimum atomic E-state index is -0.348. The summed E-state index contributed by atoms with van der Waals surface area (Å²) < 4.78 is 8.02. The Bertz CT molecular complexity index is 1580. The first-order chi connectivity index (χ1) is 18.1. The Balaban J connectivity index is 1.32. The van der Waals surface area contributed by atoms with Crippen LogP contribution in [0.3, 0.4) is 0 Å². The Morgan fingerprint density at radius 3 is 2.46 bits per heavy atom. The van der Waals surface area contributed by atoms with Gasteiger partial charge in [-0.15, -0.1) is 0 Å². The van der Waals surface area contributed by atoms with E-state index in [1.165, 1.54) is 0 Å². The van der Waals surface area contributed by atoms with Crippen LogP contribution in [0.1, 0.15) is 27.0 Å². The summed E-state index contributed by atoms with van der Waals surface area (Å²) in [5.41, 5.74) is 7.02. The van der Waals surface area contributed by atoms with E-state index in [4.69, 9.17) is 27.9 Å². The molecular weight excluding hydrogens is 505 g/mol. The van der Waals surface area contributed by atoms with Gasteiger partial charge >= 0.3 is 0 Å². The second kappa shape index (κ2) is 11.3. The lowest BCUT2D eigenvalue weighted by atomic mass is 10.2. The van der Waals surface area contributed by atoms with Crippen molar-refractivity contribution in [3.8, 4) is 5.75 Å². The van der Waals surface area contributed by atoms with Crippen LogP contribution in [-0.4, -0.2) is 16.7 Å². The fourth-order valence-electron chi connectivity index (χ4n) is 4.08. The van der Waals surface area contributed by atoms with Crippen LogP contribution in [0.15, 0.2) is 108 Å². The summed E-state index contributed by atoms with van der Waals surface area (Å²) >= 11 is 12.3. The van der Waals surface area contributed by atoms with Gasteiger partial charge in [0.15, 0.2) is 0 Å². The number of halogens is 2. The van der Waals surface area contributed by atoms with E-state index in [0.717, 1.165) is 27.6 Å². The predicted molar refractivity (Wildman–Crippen MR) is 150 cm³/mol. The molecule has 0 saturated carbocycles. The van der Waals surface area contributed by atoms with Gasteiger partial charge in [-0.1, -0.05) is 89.9 Å². The van der Waals surface area contributed by atoms with E-state index in [-0.39, 0.29) is 5.91 Å². The molecule has 5 aromatic rings. The molecule has 5 rings (SSSR count). The van der Waals surface area contributed by atoms with Crippen LogP contribution < -0.4 is 10.2 Å². The van der Waals surface area contributed by atoms with Crippen molar-refractivity contribution in [3.63, 3.8) is 0 Å². The Morgan fingerprint density at radius 1 is 0.865 bits per heavy atom. The number of hydrogen-bond donors (Lipinski definition) is 1. The molecule has 0 aliphatic heterocycles. The summed E-state index contributed by atoms with van der Waals surface area (Å²) in [4.78, 5) is 12.9. The molecule has 5 nitrogen and oxygen atoms in total. The summed E-state index contributed by atoms with van der Waals surface area (Å²) in [6.07, 6.45) is 3.65. The number of rotatable bonds is 8. The Kier molecular flexibility index (Phi) is 7.54. The maximum atomic E-state index is 12.9. The zero-order valence-corrected chi connectivity index (χ0v) is 21.3. The van der Waals surface area contributed by atoms with Gasteiger partial charge in [0.1, 0.15) is 12.4 Å². The number of aromatic nitrogens is 1. The van der Waals surface area contributed by atoms with Gasteiger partial charge in [-0.2, -0.15) is 5.10 Å². The smallest absolute Gasteiger partial charge is 0.275 e. The van der Waals surface area contributed by atoms with Crippen molar-refractivity contribution in [3.05, 3.63) is 136 Å². The summed E-state index contributed by atoms with van der Waals surface area (Å²) in [5.74, 6) is 0.150. The number of nitrogens with zero attached hydrogens (tertiary/aromatic N) is 2. The van der Waals surface area contributed by atoms with E-state index >= 15 is 0 Å². The second-order valence-corrected chi connectivity index (χ2v) is 9.26. The van der Waals surface area contributed by atoms with Gasteiger partial charge in [0.2, 0.25) is 0 Å². The standard InChI is InChI=1S/C30H23Cl2N3O2/c31-26-15-14-22(16-27(26)32)18-35-19-23(24-10-4-6-12-28(24)35)17-33-34-30(36)25-11-5-7-13-29(25)37-20-21-8-2-1-3-9-21/h1-17,19H,18,20H2,(H,34,36)/b33-17-. The van der Waals surface area contributed by atoms with Gasteiger partial charge in [-0.25, -0.2) is 5.43 Å². The first-order valence-corrected chi connectivity index (χ1v) is 12.4. The highest BCUT2D eigenvalue weighted by Crippen LogP contribution is 2.25. The molecule has 1 aromatic heterocycles. The average molecular weight is 528 g/mol. The number of ether oxygens (including phenoxy) is 1. The number of amides is 1. The number of benzene rings is 4. The number of hydrogen-bond acceptors (Lipinski definition) is 3. The van der Waals surface area contributed by atoms with Crippen LogP contribution in [0, 0.1) is 0 Å². The molecule has 0 radical (unpaired) electrons. The Morgan fingerprint density at radius 2 is 1.62 bits per heavy atom. The molecule has 1 heterocycles. The SMILES string of the molecule is O=C(N/N=C\c1cn(Cc2ccc(Cl)c(Cl)c2)c2ccccc12)c1ccccc1OCc1ccccc1. The number of hydrazone groups is 1. The lowest BCUT2D eigenvalue weighted by Gasteiger charge is -2.10. The molecular formula is C30H23Cl2N3O2. The molecule has 37 heavy (non-hydrogen) atoms. The number of carbonyl (C=O) groups is 1. The monoisotopic (exact) mass is 527 g/mol. The third kappa shape index (κ3) is 5.85. The molecule has 0 spiro atoms. The van der Waals surface area contributed by atoms with Gasteiger partial charge < -0.3 is 9.30 Å². The fraction of sp³-hybridized carbons (Fsp3) is 0.0667. The topological polar surface area (TPSA) is 55.6 Å². The van der Waals surface area contributed by atoms with Crippen LogP contribution in [0.2, 0.25) is 10.0 Å². The van der Waals surface area contributed by atoms with Crippen molar-refractivity contribution in [1.29, 1.82) is 0 Å². The van der Waals surface area contributed by atoms with Gasteiger partial charge in [-0.05, 0) is 41.5 Å². The fourth-order valence-corrected chi connectivity index (χ4v) is 4.40. The van der Waals surface area contributed by atoms with Crippen LogP contribution in [0.4, 0.5) is 0 Å². The summed E-state index contributed by atoms with van der Waals surface area (Å²) in [7, 11) is 0. The van der Waals surface area contributed by atoms with E-state index in [1.807, 2.05) is 79.0 Å². The first kappa shape index (κ1) is 24.6. The summed E-state index contributed by atoms with van der Waals surface area (Å²) in [6, 6.07) is 30.6. The predicted octanol–water partition coefficient (Wildman–Crippen LogP) is 7.34. The molecule has 0 saturated heterocycles. The van der Waals surface area contributed by atoms with Crippen molar-refractivity contribution in [2.75, 3.05) is 0 Å². The molecule has 7 heteroatoms. The molecule has 0 fully saturated rings. The van der Waals surface area contributed by atoms with Gasteiger partial charge in [0.05, 0.1) is 21.8 Å². The van der Waals surface area contributed by atoms with E-state index in [0.29, 0.717) is 34.5 Å². The van der Waals surface area contributed by atoms with Crippen LogP contribution in [-0.2, 0) is 13.2 Å². The molecule has 0 aliphatic carbocycles. The summed E-state index contributed by atoms with van der Waals surface area (Å²) in [6.45, 7) is 0.983. The zero-order chi connectivity index (χ0) is 25.6. The minimum absolute atomic E-state index is 0.348. The Hall–Kier alpha value is -4.06. The number of para-hydroxylation sites is 2. The lowest BCUT2D eigenvalue weighted by Crippen LogP contribution is -2.18. The second-order valence-electron chi connectivity index (χ2n) is 8.45. The molecule has 0 bridgehead atoms. The Labute approximate surface area is 224 Å². The van der Waals surface area contributed by atoms with E-state index in [2.05, 4.69) is 15.1 Å². The van der Waals surface area contributed by atoms with Crippen molar-refractivity contribution < 1.29 is 9.53 Å². The molecule has 184 valence electrons. The lowest BCUT2D eigenvalue weighted by molar-refractivity contribution is 0.0950. The average Bonchev–Trinajstić information content (AvgIpc) is 3.27. The maximum absolute atomic E-state index is 12.9. The number of carbonyl (C=O) groups excluding carboxylic acids is 1. The quantitative estimate of drug-likeness (QED) is 0.169. The minimum Gasteiger partial charge on any atom is -0.488 e. The van der Waals surface area contributed by atoms with Crippen molar-refractivity contribution in [2.24, 2.45) is 5.10 Å². The highest BCUT2D eigenvalue weighted by Gasteiger charge is 2.12. The van der Waals surface area contributed by atoms with Crippen LogP contribution in [0.5, 0.6) is 5.75 Å². The number of nitrogens with one attached hydrogen (secondary N) is 1. The molecule has 0 unspecified atom stereocenters. The third-order valence-corrected chi connectivity index (χ3v) is 6.63. The van der Waals surface area contributed by atoms with E-state index in [1.54, 1.807) is 30.5 Å². The highest BCUT2D eigenvalue weighted by molar-refractivity contribution is 6.42. The summed E-state index contributed by atoms with van der Waals surface area (Å²) in [5, 5.41) is 6.31. The molecule has 1 amide bonds. The highest BCUT2D eigenvalue weighted by atomic mass is 35.5. The molecule has 0 aliphatic rings. The molecule has 0 atom stereocenters. The van der Waals surface area contributed by atoms with E-state index < -0.39 is 0 Å². The molecule has 4 aromatic carbocycles. The zero-order valence-electron chi connectivity index (χ0n) is 19.8. The third-order valence-electron chi connectivity index (χ3n) is 5.89. The molecule has 1 N–H and O–H groups in total. The van der Waals surface area contributed by atoms with Crippen molar-refractivity contribution in [2.45, 2.75) is 13.2 Å². The van der Waals surface area contributed by atoms with Crippen molar-refractivity contribution in [1.82, 2.24) is 9.99 Å². The normalized spacial score (nSPS) is 11.2. The van der Waals surface area contributed by atoms with Gasteiger partial charge in [0.25, 0.3) is 5.91 Å². The van der Waals surface area contributed by atoms with Crippen LogP contribution >= 0.6 is 23.2 Å². The largest absolute Gasteiger partial charge is 0.488 e. The van der Waals surface area contributed by atoms with Gasteiger partial charge in [0, 0.05) is 29.2 Å². The maximum Gasteiger partial charge on any atom is 0.275 e. The number of fused-ring (bicyclic) bond motifs is 1. The van der Waals surface area contributed by atoms with E-state index in [9.17, 15) is 4.79 Å². The van der Waals surface area contributed by atoms with Crippen LogP contribution in [0.25, 0.3) is 10.9 Å². The van der Waals surface area contributed by atoms with Gasteiger partial charge in [-0.3, -0.25) is 4.79 Å². The van der Waals surface area contributed by atoms with Crippen molar-refractivity contribution >= 4 is 46.2 Å².